The minimum atomic E-state index is -3.80. The van der Waals surface area contributed by atoms with Crippen molar-refractivity contribution in [2.24, 2.45) is 0 Å². The maximum atomic E-state index is 14.2. The molecule has 2 aromatic carbocycles. The summed E-state index contributed by atoms with van der Waals surface area (Å²) in [7, 11) is -3.80. The van der Waals surface area contributed by atoms with Gasteiger partial charge in [0.05, 0.1) is 10.5 Å². The number of halogens is 2. The van der Waals surface area contributed by atoms with Crippen molar-refractivity contribution in [1.29, 1.82) is 0 Å². The maximum Gasteiger partial charge on any atom is 0.258 e. The summed E-state index contributed by atoms with van der Waals surface area (Å²) in [4.78, 5) is 12.4. The van der Waals surface area contributed by atoms with Crippen LogP contribution in [-0.4, -0.2) is 31.7 Å². The Labute approximate surface area is 157 Å². The molecule has 0 spiro atoms. The fraction of sp³-hybridized carbons (Fsp3) is 0.278. The molecule has 140 valence electrons. The first-order valence-electron chi connectivity index (χ1n) is 8.07. The highest BCUT2D eigenvalue weighted by Gasteiger charge is 2.24. The molecule has 1 amide bonds. The molecule has 2 rings (SSSR count). The van der Waals surface area contributed by atoms with Crippen LogP contribution in [0.15, 0.2) is 41.3 Å². The third kappa shape index (κ3) is 4.23. The zero-order valence-corrected chi connectivity index (χ0v) is 16.3. The van der Waals surface area contributed by atoms with E-state index >= 15 is 0 Å². The SMILES string of the molecule is CCN(CC)S(=O)(=O)c1ccc(F)c(C(=O)Nc2cc(Cl)ccc2C)c1. The molecule has 0 saturated carbocycles. The molecule has 0 aliphatic carbocycles. The standard InChI is InChI=1S/C18H20ClFN2O3S/c1-4-22(5-2)26(24,25)14-8-9-16(20)15(11-14)18(23)21-17-10-13(19)7-6-12(17)3/h6-11H,4-5H2,1-3H3,(H,21,23). The summed E-state index contributed by atoms with van der Waals surface area (Å²) in [6.45, 7) is 5.74. The van der Waals surface area contributed by atoms with Gasteiger partial charge in [-0.1, -0.05) is 31.5 Å². The van der Waals surface area contributed by atoms with Crippen molar-refractivity contribution >= 4 is 33.2 Å². The van der Waals surface area contributed by atoms with Crippen LogP contribution in [0.1, 0.15) is 29.8 Å². The molecular formula is C18H20ClFN2O3S. The monoisotopic (exact) mass is 398 g/mol. The van der Waals surface area contributed by atoms with E-state index in [1.54, 1.807) is 39.0 Å². The number of benzene rings is 2. The van der Waals surface area contributed by atoms with Gasteiger partial charge in [-0.25, -0.2) is 12.8 Å². The number of nitrogens with zero attached hydrogens (tertiary/aromatic N) is 1. The fourth-order valence-electron chi connectivity index (χ4n) is 2.47. The molecule has 0 radical (unpaired) electrons. The smallest absolute Gasteiger partial charge is 0.258 e. The number of carbonyl (C=O) groups excluding carboxylic acids is 1. The molecule has 0 bridgehead atoms. The van der Waals surface area contributed by atoms with E-state index in [1.165, 1.54) is 4.31 Å². The quantitative estimate of drug-likeness (QED) is 0.797. The predicted octanol–water partition coefficient (Wildman–Crippen LogP) is 4.07. The van der Waals surface area contributed by atoms with Gasteiger partial charge in [0.25, 0.3) is 5.91 Å². The lowest BCUT2D eigenvalue weighted by molar-refractivity contribution is 0.102. The number of nitrogens with one attached hydrogen (secondary N) is 1. The molecule has 0 aliphatic heterocycles. The lowest BCUT2D eigenvalue weighted by Gasteiger charge is -2.19. The van der Waals surface area contributed by atoms with Gasteiger partial charge >= 0.3 is 0 Å². The number of carbonyl (C=O) groups is 1. The molecule has 0 saturated heterocycles. The summed E-state index contributed by atoms with van der Waals surface area (Å²) in [5, 5.41) is 2.99. The molecular weight excluding hydrogens is 379 g/mol. The van der Waals surface area contributed by atoms with E-state index in [2.05, 4.69) is 5.32 Å². The lowest BCUT2D eigenvalue weighted by atomic mass is 10.1. The van der Waals surface area contributed by atoms with Crippen molar-refractivity contribution in [1.82, 2.24) is 4.31 Å². The van der Waals surface area contributed by atoms with E-state index in [9.17, 15) is 17.6 Å². The topological polar surface area (TPSA) is 66.5 Å². The van der Waals surface area contributed by atoms with Crippen molar-refractivity contribution in [2.75, 3.05) is 18.4 Å². The molecule has 1 N–H and O–H groups in total. The Morgan fingerprint density at radius 1 is 1.15 bits per heavy atom. The minimum Gasteiger partial charge on any atom is -0.322 e. The maximum absolute atomic E-state index is 14.2. The summed E-state index contributed by atoms with van der Waals surface area (Å²) in [6, 6.07) is 8.13. The first kappa shape index (κ1) is 20.4. The van der Waals surface area contributed by atoms with Crippen LogP contribution >= 0.6 is 11.6 Å². The summed E-state index contributed by atoms with van der Waals surface area (Å²) in [5.74, 6) is -1.55. The number of hydrogen-bond acceptors (Lipinski definition) is 3. The van der Waals surface area contributed by atoms with Gasteiger partial charge in [0.1, 0.15) is 5.82 Å². The first-order chi connectivity index (χ1) is 12.2. The normalized spacial score (nSPS) is 11.6. The number of anilines is 1. The lowest BCUT2D eigenvalue weighted by Crippen LogP contribution is -2.31. The Bertz CT molecular complexity index is 928. The Kier molecular flexibility index (Phi) is 6.39. The Morgan fingerprint density at radius 3 is 2.42 bits per heavy atom. The highest BCUT2D eigenvalue weighted by Crippen LogP contribution is 2.23. The average molecular weight is 399 g/mol. The van der Waals surface area contributed by atoms with Crippen LogP contribution in [0.2, 0.25) is 5.02 Å². The number of sulfonamides is 1. The van der Waals surface area contributed by atoms with Crippen LogP contribution in [0, 0.1) is 12.7 Å². The van der Waals surface area contributed by atoms with E-state index in [-0.39, 0.29) is 23.5 Å². The Morgan fingerprint density at radius 2 is 1.81 bits per heavy atom. The highest BCUT2D eigenvalue weighted by atomic mass is 35.5. The fourth-order valence-corrected chi connectivity index (χ4v) is 4.13. The number of amides is 1. The first-order valence-corrected chi connectivity index (χ1v) is 9.89. The average Bonchev–Trinajstić information content (AvgIpc) is 2.59. The van der Waals surface area contributed by atoms with Crippen LogP contribution in [0.3, 0.4) is 0 Å². The van der Waals surface area contributed by atoms with E-state index in [0.29, 0.717) is 10.7 Å². The van der Waals surface area contributed by atoms with Gasteiger partial charge in [-0.15, -0.1) is 0 Å². The summed E-state index contributed by atoms with van der Waals surface area (Å²) in [6.07, 6.45) is 0. The second-order valence-corrected chi connectivity index (χ2v) is 8.02. The van der Waals surface area contributed by atoms with Crippen LogP contribution in [0.4, 0.5) is 10.1 Å². The van der Waals surface area contributed by atoms with Gasteiger partial charge in [0.2, 0.25) is 10.0 Å². The molecule has 0 fully saturated rings. The molecule has 0 aromatic heterocycles. The molecule has 8 heteroatoms. The van der Waals surface area contributed by atoms with Crippen LogP contribution in [0.25, 0.3) is 0 Å². The van der Waals surface area contributed by atoms with Crippen molar-refractivity contribution in [3.05, 3.63) is 58.4 Å². The number of aryl methyl sites for hydroxylation is 1. The third-order valence-corrected chi connectivity index (χ3v) is 6.25. The van der Waals surface area contributed by atoms with Crippen molar-refractivity contribution in [3.8, 4) is 0 Å². The molecule has 2 aromatic rings. The van der Waals surface area contributed by atoms with Gasteiger partial charge < -0.3 is 5.32 Å². The van der Waals surface area contributed by atoms with Gasteiger partial charge in [-0.05, 0) is 42.8 Å². The second kappa shape index (κ2) is 8.16. The predicted molar refractivity (Wildman–Crippen MR) is 101 cm³/mol. The summed E-state index contributed by atoms with van der Waals surface area (Å²) in [5.41, 5.74) is 0.826. The minimum absolute atomic E-state index is 0.129. The molecule has 0 heterocycles. The number of rotatable bonds is 6. The Hall–Kier alpha value is -1.96. The van der Waals surface area contributed by atoms with E-state index < -0.39 is 21.7 Å². The molecule has 5 nitrogen and oxygen atoms in total. The Balaban J connectivity index is 2.41. The number of hydrogen-bond donors (Lipinski definition) is 1. The second-order valence-electron chi connectivity index (χ2n) is 5.64. The highest BCUT2D eigenvalue weighted by molar-refractivity contribution is 7.89. The zero-order chi connectivity index (χ0) is 19.5. The summed E-state index contributed by atoms with van der Waals surface area (Å²) < 4.78 is 40.6. The van der Waals surface area contributed by atoms with Crippen molar-refractivity contribution < 1.29 is 17.6 Å². The van der Waals surface area contributed by atoms with Gasteiger partial charge in [-0.3, -0.25) is 4.79 Å². The van der Waals surface area contributed by atoms with Gasteiger partial charge in [0, 0.05) is 23.8 Å². The van der Waals surface area contributed by atoms with Gasteiger partial charge in [0.15, 0.2) is 0 Å². The zero-order valence-electron chi connectivity index (χ0n) is 14.7. The largest absolute Gasteiger partial charge is 0.322 e. The summed E-state index contributed by atoms with van der Waals surface area (Å²) >= 11 is 5.92. The van der Waals surface area contributed by atoms with E-state index in [0.717, 1.165) is 23.8 Å². The van der Waals surface area contributed by atoms with Crippen LogP contribution < -0.4 is 5.32 Å². The van der Waals surface area contributed by atoms with E-state index in [4.69, 9.17) is 11.6 Å². The molecule has 0 unspecified atom stereocenters. The third-order valence-electron chi connectivity index (χ3n) is 3.97. The van der Waals surface area contributed by atoms with Crippen LogP contribution in [-0.2, 0) is 10.0 Å². The van der Waals surface area contributed by atoms with Crippen molar-refractivity contribution in [3.63, 3.8) is 0 Å². The van der Waals surface area contributed by atoms with E-state index in [1.807, 2.05) is 0 Å². The van der Waals surface area contributed by atoms with Crippen LogP contribution in [0.5, 0.6) is 0 Å². The molecule has 26 heavy (non-hydrogen) atoms. The molecule has 0 aliphatic rings. The van der Waals surface area contributed by atoms with Crippen molar-refractivity contribution in [2.45, 2.75) is 25.7 Å². The van der Waals surface area contributed by atoms with Gasteiger partial charge in [-0.2, -0.15) is 4.31 Å². The molecule has 0 atom stereocenters.